The molecule has 3 aromatic heterocycles. The molecule has 0 radical (unpaired) electrons. The normalized spacial score (nSPS) is 17.9. The Labute approximate surface area is 292 Å². The monoisotopic (exact) mass is 757 g/mol. The molecule has 2 N–H and O–H groups in total. The number of aromatic nitrogens is 5. The average Bonchev–Trinajstić information content (AvgIpc) is 3.02. The molecule has 0 bridgehead atoms. The van der Waals surface area contributed by atoms with Gasteiger partial charge in [0.15, 0.2) is 22.6 Å². The van der Waals surface area contributed by atoms with Gasteiger partial charge in [-0.1, -0.05) is 38.0 Å². The minimum atomic E-state index is -10.0. The van der Waals surface area contributed by atoms with Crippen molar-refractivity contribution in [1.82, 2.24) is 29.4 Å². The number of nitrogens with zero attached hydrogens (tertiary/aromatic N) is 8. The van der Waals surface area contributed by atoms with Crippen LogP contribution in [0, 0.1) is 6.92 Å². The van der Waals surface area contributed by atoms with Gasteiger partial charge in [-0.15, -0.1) is 0 Å². The maximum atomic E-state index is 14.3. The summed E-state index contributed by atoms with van der Waals surface area (Å²) in [7, 11) is -10.0. The van der Waals surface area contributed by atoms with Crippen LogP contribution < -0.4 is 20.5 Å². The summed E-state index contributed by atoms with van der Waals surface area (Å²) in [5.41, 5.74) is 0.00501. The third-order valence-corrected chi connectivity index (χ3v) is 10.4. The van der Waals surface area contributed by atoms with Crippen molar-refractivity contribution in [1.29, 1.82) is 0 Å². The summed E-state index contributed by atoms with van der Waals surface area (Å²) in [6.07, 6.45) is 3.83. The average molecular weight is 758 g/mol. The van der Waals surface area contributed by atoms with Crippen molar-refractivity contribution in [3.8, 4) is 5.75 Å². The minimum Gasteiger partial charge on any atom is -0.504 e. The molecular weight excluding hydrogens is 725 g/mol. The Morgan fingerprint density at radius 2 is 1.80 bits per heavy atom. The van der Waals surface area contributed by atoms with Gasteiger partial charge in [-0.25, -0.2) is 19.9 Å². The number of amides is 2. The third kappa shape index (κ3) is 6.95. The molecule has 2 saturated heterocycles. The highest BCUT2D eigenvalue weighted by atomic mass is 35.5. The first-order valence-corrected chi connectivity index (χ1v) is 18.2. The van der Waals surface area contributed by atoms with Crippen molar-refractivity contribution in [3.63, 3.8) is 0 Å². The summed E-state index contributed by atoms with van der Waals surface area (Å²) in [4.78, 5) is 61.2. The zero-order valence-electron chi connectivity index (χ0n) is 27.5. The first-order chi connectivity index (χ1) is 23.8. The van der Waals surface area contributed by atoms with E-state index >= 15 is 0 Å². The van der Waals surface area contributed by atoms with E-state index in [9.17, 15) is 38.9 Å². The second-order valence-corrected chi connectivity index (χ2v) is 15.2. The molecular formula is C31H33ClF5N9O4S. The SMILES string of the molecule is CCc1c(N2CCN(C(=O)c3ncnc(C)c3O)C[C@@H]2C)c(=O)c2nc(N3CCC3)cnc2n1CC(=O)Nc1ccc(S(F)(F)(F)(F)F)cc1Cl. The van der Waals surface area contributed by atoms with E-state index in [0.29, 0.717) is 30.7 Å². The van der Waals surface area contributed by atoms with Crippen LogP contribution in [0.25, 0.3) is 11.2 Å². The van der Waals surface area contributed by atoms with Gasteiger partial charge in [-0.3, -0.25) is 14.4 Å². The van der Waals surface area contributed by atoms with E-state index in [1.54, 1.807) is 13.8 Å². The number of anilines is 3. The molecule has 5 heterocycles. The Morgan fingerprint density at radius 3 is 2.41 bits per heavy atom. The molecule has 274 valence electrons. The van der Waals surface area contributed by atoms with Gasteiger partial charge in [0.2, 0.25) is 11.3 Å². The van der Waals surface area contributed by atoms with Crippen LogP contribution in [0.2, 0.25) is 5.02 Å². The minimum absolute atomic E-state index is 0.0234. The smallest absolute Gasteiger partial charge is 0.310 e. The molecule has 0 unspecified atom stereocenters. The number of aromatic hydroxyl groups is 1. The van der Waals surface area contributed by atoms with E-state index in [1.807, 2.05) is 16.7 Å². The standard InChI is InChI=1S/C31H33ClF5N9O4S/c1-4-22-27(45-11-10-44(14-17(45)2)31(50)26-28(48)18(3)39-16-40-26)29(49)25-30(38-13-23(42-25)43-8-5-9-43)46(22)15-24(47)41-21-7-6-19(12-20(21)32)51(33,34,35,36)37/h6-7,12-13,16-17,48H,4-5,8-11,14-15H2,1-3H3,(H,41,47)/t17-/m0/s1. The number of halogens is 6. The van der Waals surface area contributed by atoms with Crippen LogP contribution in [-0.2, 0) is 17.8 Å². The van der Waals surface area contributed by atoms with E-state index in [0.717, 1.165) is 6.42 Å². The lowest BCUT2D eigenvalue weighted by Gasteiger charge is -2.42. The fourth-order valence-electron chi connectivity index (χ4n) is 6.16. The molecule has 6 rings (SSSR count). The van der Waals surface area contributed by atoms with Crippen molar-refractivity contribution < 1.29 is 34.1 Å². The van der Waals surface area contributed by atoms with E-state index in [-0.39, 0.29) is 77.9 Å². The predicted molar refractivity (Wildman–Crippen MR) is 183 cm³/mol. The number of piperazine rings is 1. The van der Waals surface area contributed by atoms with E-state index in [4.69, 9.17) is 11.6 Å². The molecule has 1 atom stereocenters. The summed E-state index contributed by atoms with van der Waals surface area (Å²) in [6.45, 7) is 6.54. The largest absolute Gasteiger partial charge is 0.504 e. The summed E-state index contributed by atoms with van der Waals surface area (Å²) in [5.74, 6) is -1.16. The lowest BCUT2D eigenvalue weighted by atomic mass is 10.1. The highest BCUT2D eigenvalue weighted by Gasteiger charge is 2.65. The van der Waals surface area contributed by atoms with Crippen LogP contribution in [0.5, 0.6) is 5.75 Å². The lowest BCUT2D eigenvalue weighted by molar-refractivity contribution is -0.116. The van der Waals surface area contributed by atoms with E-state index in [2.05, 4.69) is 25.3 Å². The fraction of sp³-hybridized carbons (Fsp3) is 0.387. The van der Waals surface area contributed by atoms with E-state index < -0.39 is 50.0 Å². The van der Waals surface area contributed by atoms with Crippen molar-refractivity contribution in [2.24, 2.45) is 0 Å². The quantitative estimate of drug-likeness (QED) is 0.216. The summed E-state index contributed by atoms with van der Waals surface area (Å²) in [6, 6.07) is 0.413. The second kappa shape index (κ2) is 12.2. The molecule has 2 aliphatic heterocycles. The van der Waals surface area contributed by atoms with Gasteiger partial charge < -0.3 is 29.7 Å². The molecule has 0 aliphatic carbocycles. The number of hydrogen-bond donors (Lipinski definition) is 2. The Balaban J connectivity index is 1.36. The summed E-state index contributed by atoms with van der Waals surface area (Å²) in [5, 5.41) is 12.0. The number of carbonyl (C=O) groups excluding carboxylic acids is 2. The number of aryl methyl sites for hydroxylation is 1. The molecule has 0 spiro atoms. The number of benzene rings is 1. The maximum Gasteiger partial charge on any atom is 0.310 e. The van der Waals surface area contributed by atoms with Gasteiger partial charge >= 0.3 is 10.2 Å². The third-order valence-electron chi connectivity index (χ3n) is 8.91. The van der Waals surface area contributed by atoms with Crippen LogP contribution in [0.3, 0.4) is 0 Å². The second-order valence-electron chi connectivity index (χ2n) is 12.4. The van der Waals surface area contributed by atoms with Gasteiger partial charge in [0.25, 0.3) is 5.91 Å². The number of carbonyl (C=O) groups is 2. The molecule has 51 heavy (non-hydrogen) atoms. The van der Waals surface area contributed by atoms with Crippen LogP contribution in [0.4, 0.5) is 36.6 Å². The Hall–Kier alpha value is -4.78. The van der Waals surface area contributed by atoms with Gasteiger partial charge in [0.1, 0.15) is 29.3 Å². The number of fused-ring (bicyclic) bond motifs is 1. The molecule has 4 aromatic rings. The van der Waals surface area contributed by atoms with Gasteiger partial charge in [0.05, 0.1) is 22.6 Å². The number of pyridine rings is 1. The van der Waals surface area contributed by atoms with Gasteiger partial charge in [-0.2, -0.15) is 0 Å². The Bertz CT molecular complexity index is 2150. The molecule has 1 aromatic carbocycles. The summed E-state index contributed by atoms with van der Waals surface area (Å²) >= 11 is 5.92. The van der Waals surface area contributed by atoms with Crippen LogP contribution in [-0.4, -0.2) is 85.1 Å². The highest BCUT2D eigenvalue weighted by molar-refractivity contribution is 8.45. The highest BCUT2D eigenvalue weighted by Crippen LogP contribution is 3.02. The Kier molecular flexibility index (Phi) is 8.60. The first kappa shape index (κ1) is 36.0. The number of hydrogen-bond acceptors (Lipinski definition) is 10. The number of rotatable bonds is 8. The van der Waals surface area contributed by atoms with Crippen molar-refractivity contribution in [3.05, 3.63) is 63.1 Å². The van der Waals surface area contributed by atoms with Gasteiger partial charge in [-0.05, 0) is 44.9 Å². The molecule has 2 amide bonds. The topological polar surface area (TPSA) is 150 Å². The van der Waals surface area contributed by atoms with Crippen LogP contribution in [0.15, 0.2) is 40.4 Å². The van der Waals surface area contributed by atoms with Gasteiger partial charge in [0, 0.05) is 44.5 Å². The first-order valence-electron chi connectivity index (χ1n) is 15.8. The maximum absolute atomic E-state index is 14.3. The molecule has 20 heteroatoms. The molecule has 2 aliphatic rings. The zero-order valence-corrected chi connectivity index (χ0v) is 29.1. The van der Waals surface area contributed by atoms with Crippen LogP contribution >= 0.6 is 21.8 Å². The van der Waals surface area contributed by atoms with Crippen molar-refractivity contribution in [2.75, 3.05) is 47.8 Å². The van der Waals surface area contributed by atoms with Crippen LogP contribution in [0.1, 0.15) is 42.1 Å². The molecule has 0 saturated carbocycles. The fourth-order valence-corrected chi connectivity index (χ4v) is 7.12. The molecule has 2 fully saturated rings. The lowest BCUT2D eigenvalue weighted by Crippen LogP contribution is -2.55. The Morgan fingerprint density at radius 1 is 1.08 bits per heavy atom. The summed E-state index contributed by atoms with van der Waals surface area (Å²) < 4.78 is 68.2. The molecule has 13 nitrogen and oxygen atoms in total. The van der Waals surface area contributed by atoms with E-state index in [1.165, 1.54) is 22.0 Å². The van der Waals surface area contributed by atoms with Crippen molar-refractivity contribution >= 4 is 62.0 Å². The predicted octanol–water partition coefficient (Wildman–Crippen LogP) is 5.67. The number of nitrogens with one attached hydrogen (secondary N) is 1. The van der Waals surface area contributed by atoms with Crippen molar-refractivity contribution in [2.45, 2.75) is 51.1 Å². The zero-order chi connectivity index (χ0) is 37.1.